The zero-order chi connectivity index (χ0) is 20.2. The summed E-state index contributed by atoms with van der Waals surface area (Å²) in [6, 6.07) is 0. The van der Waals surface area contributed by atoms with E-state index in [1.807, 2.05) is 0 Å². The fraction of sp³-hybridized carbons (Fsp3) is 0.826. The molecule has 0 spiro atoms. The Balaban J connectivity index is 3.30. The molecular formula is C23H42O4. The third-order valence-electron chi connectivity index (χ3n) is 4.45. The quantitative estimate of drug-likeness (QED) is 0.154. The van der Waals surface area contributed by atoms with Crippen LogP contribution < -0.4 is 0 Å². The van der Waals surface area contributed by atoms with Crippen LogP contribution in [0.1, 0.15) is 111 Å². The number of hydrogen-bond donors (Lipinski definition) is 0. The highest BCUT2D eigenvalue weighted by molar-refractivity contribution is 5.91. The molecule has 0 atom stereocenters. The third kappa shape index (κ3) is 20.8. The maximum Gasteiger partial charge on any atom is 0.331 e. The highest BCUT2D eigenvalue weighted by Gasteiger charge is 2.03. The van der Waals surface area contributed by atoms with Crippen LogP contribution in [0.2, 0.25) is 0 Å². The molecule has 0 aliphatic heterocycles. The smallest absolute Gasteiger partial charge is 0.331 e. The molecule has 0 radical (unpaired) electrons. The number of carbonyl (C=O) groups excluding carboxylic acids is 2. The minimum Gasteiger partial charge on any atom is -0.463 e. The second kappa shape index (κ2) is 19.4. The molecule has 4 heteroatoms. The van der Waals surface area contributed by atoms with Crippen LogP contribution in [0, 0.1) is 0 Å². The third-order valence-corrected chi connectivity index (χ3v) is 4.45. The standard InChI is InChI=1S/C23H42O4/c1-4-5-6-7-8-9-10-11-12-13-14-15-16-17-20-26-22(24)18-19-23(25)27-21(2)3/h18-19,21H,4-17,20H2,1-3H3/b19-18+. The molecule has 158 valence electrons. The van der Waals surface area contributed by atoms with Gasteiger partial charge >= 0.3 is 11.9 Å². The summed E-state index contributed by atoms with van der Waals surface area (Å²) in [6.45, 7) is 6.21. The molecule has 0 bridgehead atoms. The number of ether oxygens (including phenoxy) is 2. The molecule has 0 unspecified atom stereocenters. The zero-order valence-corrected chi connectivity index (χ0v) is 18.0. The fourth-order valence-corrected chi connectivity index (χ4v) is 2.93. The Morgan fingerprint density at radius 1 is 0.667 bits per heavy atom. The van der Waals surface area contributed by atoms with E-state index in [1.54, 1.807) is 13.8 Å². The molecule has 0 aromatic rings. The number of hydrogen-bond acceptors (Lipinski definition) is 4. The Morgan fingerprint density at radius 2 is 1.07 bits per heavy atom. The van der Waals surface area contributed by atoms with E-state index in [0.717, 1.165) is 25.0 Å². The summed E-state index contributed by atoms with van der Waals surface area (Å²) in [5.41, 5.74) is 0. The van der Waals surface area contributed by atoms with Gasteiger partial charge in [-0.3, -0.25) is 0 Å². The lowest BCUT2D eigenvalue weighted by Gasteiger charge is -2.05. The molecule has 0 heterocycles. The van der Waals surface area contributed by atoms with Gasteiger partial charge in [-0.05, 0) is 20.3 Å². The summed E-state index contributed by atoms with van der Waals surface area (Å²) < 4.78 is 9.97. The first-order valence-electron chi connectivity index (χ1n) is 11.1. The molecule has 0 aliphatic rings. The predicted molar refractivity (Wildman–Crippen MR) is 112 cm³/mol. The lowest BCUT2D eigenvalue weighted by molar-refractivity contribution is -0.142. The maximum absolute atomic E-state index is 11.5. The van der Waals surface area contributed by atoms with Gasteiger partial charge in [0.25, 0.3) is 0 Å². The minimum absolute atomic E-state index is 0.186. The first-order chi connectivity index (χ1) is 13.1. The fourth-order valence-electron chi connectivity index (χ4n) is 2.93. The number of unbranched alkanes of at least 4 members (excludes halogenated alkanes) is 13. The van der Waals surface area contributed by atoms with Crippen LogP contribution in [0.3, 0.4) is 0 Å². The van der Waals surface area contributed by atoms with Crippen LogP contribution in [0.15, 0.2) is 12.2 Å². The molecule has 0 fully saturated rings. The lowest BCUT2D eigenvalue weighted by atomic mass is 10.0. The average Bonchev–Trinajstić information content (AvgIpc) is 2.62. The van der Waals surface area contributed by atoms with Gasteiger partial charge in [0, 0.05) is 12.2 Å². The van der Waals surface area contributed by atoms with Gasteiger partial charge in [0.2, 0.25) is 0 Å². The highest BCUT2D eigenvalue weighted by Crippen LogP contribution is 2.12. The first kappa shape index (κ1) is 25.7. The summed E-state index contributed by atoms with van der Waals surface area (Å²) in [7, 11) is 0. The average molecular weight is 383 g/mol. The first-order valence-corrected chi connectivity index (χ1v) is 11.1. The van der Waals surface area contributed by atoms with Crippen LogP contribution >= 0.6 is 0 Å². The molecule has 0 aromatic heterocycles. The topological polar surface area (TPSA) is 52.6 Å². The van der Waals surface area contributed by atoms with Crippen molar-refractivity contribution in [1.82, 2.24) is 0 Å². The van der Waals surface area contributed by atoms with Crippen molar-refractivity contribution in [3.63, 3.8) is 0 Å². The van der Waals surface area contributed by atoms with E-state index in [1.165, 1.54) is 77.0 Å². The normalized spacial score (nSPS) is 11.3. The molecule has 0 N–H and O–H groups in total. The van der Waals surface area contributed by atoms with Crippen molar-refractivity contribution in [2.45, 2.75) is 117 Å². The van der Waals surface area contributed by atoms with Crippen molar-refractivity contribution < 1.29 is 19.1 Å². The molecule has 0 saturated carbocycles. The van der Waals surface area contributed by atoms with Gasteiger partial charge in [-0.25, -0.2) is 9.59 Å². The lowest BCUT2D eigenvalue weighted by Crippen LogP contribution is -2.09. The van der Waals surface area contributed by atoms with E-state index < -0.39 is 11.9 Å². The molecule has 0 aromatic carbocycles. The van der Waals surface area contributed by atoms with Crippen molar-refractivity contribution in [1.29, 1.82) is 0 Å². The van der Waals surface area contributed by atoms with E-state index in [9.17, 15) is 9.59 Å². The summed E-state index contributed by atoms with van der Waals surface area (Å²) in [4.78, 5) is 22.7. The van der Waals surface area contributed by atoms with Gasteiger partial charge < -0.3 is 9.47 Å². The van der Waals surface area contributed by atoms with Crippen molar-refractivity contribution >= 4 is 11.9 Å². The second-order valence-corrected chi connectivity index (χ2v) is 7.58. The predicted octanol–water partition coefficient (Wildman–Crippen LogP) is 6.52. The molecule has 27 heavy (non-hydrogen) atoms. The Kier molecular flexibility index (Phi) is 18.5. The van der Waals surface area contributed by atoms with Gasteiger partial charge in [0.1, 0.15) is 0 Å². The molecular weight excluding hydrogens is 340 g/mol. The summed E-state index contributed by atoms with van der Waals surface area (Å²) in [5, 5.41) is 0. The Bertz CT molecular complexity index is 388. The summed E-state index contributed by atoms with van der Waals surface area (Å²) in [5.74, 6) is -0.996. The maximum atomic E-state index is 11.5. The largest absolute Gasteiger partial charge is 0.463 e. The van der Waals surface area contributed by atoms with Gasteiger partial charge in [0.15, 0.2) is 0 Å². The minimum atomic E-state index is -0.515. The van der Waals surface area contributed by atoms with Crippen molar-refractivity contribution in [3.8, 4) is 0 Å². The van der Waals surface area contributed by atoms with Crippen LogP contribution in [0.5, 0.6) is 0 Å². The van der Waals surface area contributed by atoms with Gasteiger partial charge in [-0.2, -0.15) is 0 Å². The summed E-state index contributed by atoms with van der Waals surface area (Å²) >= 11 is 0. The monoisotopic (exact) mass is 382 g/mol. The second-order valence-electron chi connectivity index (χ2n) is 7.58. The van der Waals surface area contributed by atoms with Crippen LogP contribution in [0.4, 0.5) is 0 Å². The van der Waals surface area contributed by atoms with E-state index in [-0.39, 0.29) is 6.10 Å². The van der Waals surface area contributed by atoms with Gasteiger partial charge in [0.05, 0.1) is 12.7 Å². The van der Waals surface area contributed by atoms with Crippen molar-refractivity contribution in [3.05, 3.63) is 12.2 Å². The molecule has 0 saturated heterocycles. The van der Waals surface area contributed by atoms with Crippen molar-refractivity contribution in [2.75, 3.05) is 6.61 Å². The Labute approximate surface area is 167 Å². The van der Waals surface area contributed by atoms with Gasteiger partial charge in [-0.1, -0.05) is 90.4 Å². The van der Waals surface area contributed by atoms with Gasteiger partial charge in [-0.15, -0.1) is 0 Å². The molecule has 4 nitrogen and oxygen atoms in total. The Hall–Kier alpha value is -1.32. The molecule has 0 rings (SSSR count). The highest BCUT2D eigenvalue weighted by atomic mass is 16.5. The van der Waals surface area contributed by atoms with E-state index in [4.69, 9.17) is 9.47 Å². The number of rotatable bonds is 18. The van der Waals surface area contributed by atoms with E-state index >= 15 is 0 Å². The summed E-state index contributed by atoms with van der Waals surface area (Å²) in [6.07, 6.45) is 20.3. The van der Waals surface area contributed by atoms with Crippen LogP contribution in [0.25, 0.3) is 0 Å². The van der Waals surface area contributed by atoms with E-state index in [0.29, 0.717) is 6.61 Å². The van der Waals surface area contributed by atoms with E-state index in [2.05, 4.69) is 6.92 Å². The number of esters is 2. The van der Waals surface area contributed by atoms with Crippen LogP contribution in [-0.2, 0) is 19.1 Å². The molecule has 0 amide bonds. The zero-order valence-electron chi connectivity index (χ0n) is 18.0. The molecule has 0 aliphatic carbocycles. The van der Waals surface area contributed by atoms with Crippen LogP contribution in [-0.4, -0.2) is 24.6 Å². The number of carbonyl (C=O) groups is 2. The van der Waals surface area contributed by atoms with Crippen molar-refractivity contribution in [2.24, 2.45) is 0 Å². The Morgan fingerprint density at radius 3 is 1.52 bits per heavy atom. The SMILES string of the molecule is CCCCCCCCCCCCCCCCOC(=O)/C=C/C(=O)OC(C)C.